The topological polar surface area (TPSA) is 66.8 Å². The zero-order valence-electron chi connectivity index (χ0n) is 13.9. The highest BCUT2D eigenvalue weighted by molar-refractivity contribution is 5.91. The van der Waals surface area contributed by atoms with Crippen LogP contribution in [0.4, 0.5) is 10.5 Å². The SMILES string of the molecule is CC(C)(C)OC(=O)N1CCc2c1cccc2C1(CC(=O)O)CC1. The number of hydrogen-bond donors (Lipinski definition) is 1. The number of ether oxygens (including phenoxy) is 1. The van der Waals surface area contributed by atoms with E-state index in [1.54, 1.807) is 4.90 Å². The first-order valence-corrected chi connectivity index (χ1v) is 8.07. The summed E-state index contributed by atoms with van der Waals surface area (Å²) in [6, 6.07) is 5.86. The van der Waals surface area contributed by atoms with Gasteiger partial charge in [-0.1, -0.05) is 12.1 Å². The second-order valence-corrected chi connectivity index (χ2v) is 7.54. The Morgan fingerprint density at radius 1 is 1.30 bits per heavy atom. The first-order chi connectivity index (χ1) is 10.7. The number of benzene rings is 1. The van der Waals surface area contributed by atoms with Crippen molar-refractivity contribution in [1.82, 2.24) is 0 Å². The fourth-order valence-electron chi connectivity index (χ4n) is 3.42. The third kappa shape index (κ3) is 3.05. The highest BCUT2D eigenvalue weighted by Crippen LogP contribution is 2.54. The predicted octanol–water partition coefficient (Wildman–Crippen LogP) is 3.49. The number of nitrogens with zero attached hydrogens (tertiary/aromatic N) is 1. The molecule has 1 aliphatic heterocycles. The van der Waals surface area contributed by atoms with Crippen molar-refractivity contribution in [3.05, 3.63) is 29.3 Å². The van der Waals surface area contributed by atoms with Gasteiger partial charge in [-0.2, -0.15) is 0 Å². The van der Waals surface area contributed by atoms with Crippen LogP contribution in [0.1, 0.15) is 51.2 Å². The van der Waals surface area contributed by atoms with Gasteiger partial charge in [0.1, 0.15) is 5.60 Å². The molecule has 5 heteroatoms. The number of rotatable bonds is 3. The van der Waals surface area contributed by atoms with Crippen LogP contribution in [0.25, 0.3) is 0 Å². The maximum atomic E-state index is 12.4. The molecule has 1 aliphatic carbocycles. The van der Waals surface area contributed by atoms with Crippen LogP contribution >= 0.6 is 0 Å². The van der Waals surface area contributed by atoms with Crippen molar-refractivity contribution in [2.24, 2.45) is 0 Å². The lowest BCUT2D eigenvalue weighted by Crippen LogP contribution is -2.35. The smallest absolute Gasteiger partial charge is 0.414 e. The molecule has 3 rings (SSSR count). The number of carbonyl (C=O) groups excluding carboxylic acids is 1. The molecule has 1 saturated carbocycles. The average molecular weight is 317 g/mol. The number of aliphatic carboxylic acids is 1. The molecule has 1 aromatic rings. The van der Waals surface area contributed by atoms with Gasteiger partial charge in [0.15, 0.2) is 0 Å². The number of carbonyl (C=O) groups is 2. The summed E-state index contributed by atoms with van der Waals surface area (Å²) in [5.74, 6) is -0.762. The van der Waals surface area contributed by atoms with Gasteiger partial charge in [0.05, 0.1) is 12.1 Å². The van der Waals surface area contributed by atoms with Crippen molar-refractivity contribution in [3.63, 3.8) is 0 Å². The van der Waals surface area contributed by atoms with Gasteiger partial charge in [-0.15, -0.1) is 0 Å². The van der Waals surface area contributed by atoms with Crippen LogP contribution in [0.5, 0.6) is 0 Å². The molecule has 1 heterocycles. The van der Waals surface area contributed by atoms with Crippen LogP contribution in [-0.2, 0) is 21.4 Å². The summed E-state index contributed by atoms with van der Waals surface area (Å²) in [6.07, 6.45) is 2.39. The first kappa shape index (κ1) is 15.8. The Morgan fingerprint density at radius 3 is 2.57 bits per heavy atom. The quantitative estimate of drug-likeness (QED) is 0.926. The summed E-state index contributed by atoms with van der Waals surface area (Å²) in [4.78, 5) is 25.2. The first-order valence-electron chi connectivity index (χ1n) is 8.07. The fourth-order valence-corrected chi connectivity index (χ4v) is 3.42. The lowest BCUT2D eigenvalue weighted by molar-refractivity contribution is -0.137. The fraction of sp³-hybridized carbons (Fsp3) is 0.556. The number of hydrogen-bond acceptors (Lipinski definition) is 3. The zero-order valence-corrected chi connectivity index (χ0v) is 13.9. The number of anilines is 1. The number of carboxylic acid groups (broad SMARTS) is 1. The average Bonchev–Trinajstić information content (AvgIpc) is 3.05. The highest BCUT2D eigenvalue weighted by Gasteiger charge is 2.48. The van der Waals surface area contributed by atoms with Crippen molar-refractivity contribution < 1.29 is 19.4 Å². The van der Waals surface area contributed by atoms with Gasteiger partial charge in [-0.25, -0.2) is 4.79 Å². The molecule has 0 spiro atoms. The van der Waals surface area contributed by atoms with E-state index in [-0.39, 0.29) is 17.9 Å². The van der Waals surface area contributed by atoms with Crippen molar-refractivity contribution in [2.75, 3.05) is 11.4 Å². The van der Waals surface area contributed by atoms with E-state index in [9.17, 15) is 14.7 Å². The standard InChI is InChI=1S/C18H23NO4/c1-17(2,3)23-16(22)19-10-7-12-13(5-4-6-14(12)19)18(8-9-18)11-15(20)21/h4-6H,7-11H2,1-3H3,(H,20,21). The van der Waals surface area contributed by atoms with Gasteiger partial charge in [0.25, 0.3) is 0 Å². The Bertz CT molecular complexity index is 655. The van der Waals surface area contributed by atoms with Gasteiger partial charge < -0.3 is 9.84 Å². The molecule has 124 valence electrons. The second-order valence-electron chi connectivity index (χ2n) is 7.54. The van der Waals surface area contributed by atoms with Crippen molar-refractivity contribution in [2.45, 2.75) is 57.5 Å². The molecule has 2 aliphatic rings. The van der Waals surface area contributed by atoms with Gasteiger partial charge in [0, 0.05) is 12.0 Å². The second kappa shape index (κ2) is 5.25. The minimum Gasteiger partial charge on any atom is -0.481 e. The Labute approximate surface area is 136 Å². The Morgan fingerprint density at radius 2 is 2.00 bits per heavy atom. The molecule has 23 heavy (non-hydrogen) atoms. The Balaban J connectivity index is 1.90. The minimum atomic E-state index is -0.762. The van der Waals surface area contributed by atoms with E-state index in [1.165, 1.54) is 0 Å². The molecule has 0 bridgehead atoms. The van der Waals surface area contributed by atoms with E-state index in [0.717, 1.165) is 36.1 Å². The number of fused-ring (bicyclic) bond motifs is 1. The van der Waals surface area contributed by atoms with E-state index in [1.807, 2.05) is 39.0 Å². The Kier molecular flexibility index (Phi) is 3.62. The molecule has 0 saturated heterocycles. The van der Waals surface area contributed by atoms with Crippen LogP contribution in [0.3, 0.4) is 0 Å². The third-order valence-corrected chi connectivity index (χ3v) is 4.56. The van der Waals surface area contributed by atoms with Crippen LogP contribution in [0.15, 0.2) is 18.2 Å². The largest absolute Gasteiger partial charge is 0.481 e. The van der Waals surface area contributed by atoms with Crippen LogP contribution in [0, 0.1) is 0 Å². The summed E-state index contributed by atoms with van der Waals surface area (Å²) in [6.45, 7) is 6.14. The monoisotopic (exact) mass is 317 g/mol. The molecule has 1 N–H and O–H groups in total. The van der Waals surface area contributed by atoms with E-state index in [4.69, 9.17) is 4.74 Å². The molecule has 0 atom stereocenters. The van der Waals surface area contributed by atoms with Gasteiger partial charge in [0.2, 0.25) is 0 Å². The summed E-state index contributed by atoms with van der Waals surface area (Å²) in [7, 11) is 0. The zero-order chi connectivity index (χ0) is 16.8. The predicted molar refractivity (Wildman–Crippen MR) is 86.9 cm³/mol. The van der Waals surface area contributed by atoms with E-state index >= 15 is 0 Å². The summed E-state index contributed by atoms with van der Waals surface area (Å²) < 4.78 is 5.48. The summed E-state index contributed by atoms with van der Waals surface area (Å²) >= 11 is 0. The van der Waals surface area contributed by atoms with E-state index in [2.05, 4.69) is 0 Å². The van der Waals surface area contributed by atoms with Crippen LogP contribution < -0.4 is 4.90 Å². The lowest BCUT2D eigenvalue weighted by Gasteiger charge is -2.25. The summed E-state index contributed by atoms with van der Waals surface area (Å²) in [5, 5.41) is 9.18. The number of carboxylic acids is 1. The van der Waals surface area contributed by atoms with Crippen molar-refractivity contribution in [1.29, 1.82) is 0 Å². The normalized spacial score (nSPS) is 18.5. The molecule has 1 aromatic carbocycles. The Hall–Kier alpha value is -2.04. The summed E-state index contributed by atoms with van der Waals surface area (Å²) in [5.41, 5.74) is 2.31. The third-order valence-electron chi connectivity index (χ3n) is 4.56. The van der Waals surface area contributed by atoms with Crippen molar-refractivity contribution >= 4 is 17.7 Å². The maximum absolute atomic E-state index is 12.4. The van der Waals surface area contributed by atoms with Crippen LogP contribution in [0.2, 0.25) is 0 Å². The van der Waals surface area contributed by atoms with Crippen LogP contribution in [-0.4, -0.2) is 29.3 Å². The number of amides is 1. The van der Waals surface area contributed by atoms with E-state index < -0.39 is 11.6 Å². The molecular formula is C18H23NO4. The molecule has 0 aromatic heterocycles. The maximum Gasteiger partial charge on any atom is 0.414 e. The lowest BCUT2D eigenvalue weighted by atomic mass is 9.87. The van der Waals surface area contributed by atoms with Gasteiger partial charge in [-0.3, -0.25) is 9.69 Å². The molecule has 1 fully saturated rings. The van der Waals surface area contributed by atoms with Gasteiger partial charge in [-0.05, 0) is 57.2 Å². The highest BCUT2D eigenvalue weighted by atomic mass is 16.6. The molecule has 0 unspecified atom stereocenters. The minimum absolute atomic E-state index is 0.163. The molecule has 0 radical (unpaired) electrons. The molecule has 1 amide bonds. The molecule has 5 nitrogen and oxygen atoms in total. The molecular weight excluding hydrogens is 294 g/mol. The van der Waals surface area contributed by atoms with Gasteiger partial charge >= 0.3 is 12.1 Å². The van der Waals surface area contributed by atoms with Crippen molar-refractivity contribution in [3.8, 4) is 0 Å². The van der Waals surface area contributed by atoms with E-state index in [0.29, 0.717) is 6.54 Å².